The highest BCUT2D eigenvalue weighted by atomic mass is 16.9. The van der Waals surface area contributed by atoms with Gasteiger partial charge < -0.3 is 0 Å². The van der Waals surface area contributed by atoms with Crippen LogP contribution in [0.15, 0.2) is 0 Å². The van der Waals surface area contributed by atoms with Gasteiger partial charge in [-0.2, -0.15) is 0 Å². The number of hydrogen-bond donors (Lipinski definition) is 2. The normalized spacial score (nSPS) is 26.7. The van der Waals surface area contributed by atoms with Crippen molar-refractivity contribution in [2.45, 2.75) is 25.5 Å². The molecule has 10 heavy (non-hydrogen) atoms. The Kier molecular flexibility index (Phi) is 3.67. The maximum absolute atomic E-state index is 5.05. The molecule has 1 atom stereocenters. The van der Waals surface area contributed by atoms with E-state index in [1.807, 2.05) is 0 Å². The van der Waals surface area contributed by atoms with Crippen LogP contribution >= 0.6 is 0 Å². The van der Waals surface area contributed by atoms with Crippen LogP contribution in [-0.4, -0.2) is 19.9 Å². The molecule has 0 aromatic rings. The largest absolute Gasteiger partial charge is 0.290 e. The molecule has 1 unspecified atom stereocenters. The van der Waals surface area contributed by atoms with Gasteiger partial charge in [0.2, 0.25) is 0 Å². The maximum atomic E-state index is 5.05. The second-order valence-corrected chi connectivity index (χ2v) is 2.34. The number of nitrogens with one attached hydrogen (secondary N) is 2. The lowest BCUT2D eigenvalue weighted by Crippen LogP contribution is -2.39. The molecule has 0 bridgehead atoms. The zero-order chi connectivity index (χ0) is 7.23. The Morgan fingerprint density at radius 3 is 3.00 bits per heavy atom. The van der Waals surface area contributed by atoms with Crippen molar-refractivity contribution in [3.8, 4) is 0 Å². The predicted octanol–water partition coefficient (Wildman–Crippen LogP) is 0.169. The van der Waals surface area contributed by atoms with Gasteiger partial charge in [-0.15, -0.1) is 0 Å². The fourth-order valence-corrected chi connectivity index (χ4v) is 1.03. The molecular weight excluding hydrogens is 132 g/mol. The Bertz CT molecular complexity index is 83.8. The summed E-state index contributed by atoms with van der Waals surface area (Å²) >= 11 is 0. The first-order valence-electron chi connectivity index (χ1n) is 3.60. The molecule has 60 valence electrons. The van der Waals surface area contributed by atoms with E-state index in [0.717, 1.165) is 13.0 Å². The smallest absolute Gasteiger partial charge is 0.132 e. The SMILES string of the molecule is CONOC1CCCCN1. The van der Waals surface area contributed by atoms with Crippen molar-refractivity contribution in [1.82, 2.24) is 11.0 Å². The van der Waals surface area contributed by atoms with E-state index in [1.54, 1.807) is 0 Å². The van der Waals surface area contributed by atoms with Crippen LogP contribution < -0.4 is 11.0 Å². The molecule has 1 saturated heterocycles. The molecule has 1 aliphatic heterocycles. The van der Waals surface area contributed by atoms with Crippen molar-refractivity contribution in [2.24, 2.45) is 0 Å². The average molecular weight is 146 g/mol. The van der Waals surface area contributed by atoms with E-state index in [0.29, 0.717) is 0 Å². The average Bonchev–Trinajstić information content (AvgIpc) is 2.03. The molecule has 0 spiro atoms. The fourth-order valence-electron chi connectivity index (χ4n) is 1.03. The van der Waals surface area contributed by atoms with Gasteiger partial charge in [0.25, 0.3) is 0 Å². The first-order chi connectivity index (χ1) is 4.93. The summed E-state index contributed by atoms with van der Waals surface area (Å²) in [6.07, 6.45) is 3.64. The lowest BCUT2D eigenvalue weighted by atomic mass is 10.1. The van der Waals surface area contributed by atoms with Crippen molar-refractivity contribution in [3.05, 3.63) is 0 Å². The Morgan fingerprint density at radius 2 is 2.40 bits per heavy atom. The standard InChI is InChI=1S/C6H14N2O2/c1-9-8-10-6-4-2-3-5-7-6/h6-8H,2-5H2,1H3. The zero-order valence-corrected chi connectivity index (χ0v) is 6.22. The minimum absolute atomic E-state index is 0.119. The lowest BCUT2D eigenvalue weighted by Gasteiger charge is -2.22. The van der Waals surface area contributed by atoms with Gasteiger partial charge in [-0.3, -0.25) is 15.0 Å². The van der Waals surface area contributed by atoms with Crippen LogP contribution in [0.5, 0.6) is 0 Å². The van der Waals surface area contributed by atoms with Crippen LogP contribution in [0.2, 0.25) is 0 Å². The minimum atomic E-state index is 0.119. The monoisotopic (exact) mass is 146 g/mol. The van der Waals surface area contributed by atoms with Gasteiger partial charge in [0.15, 0.2) is 0 Å². The van der Waals surface area contributed by atoms with E-state index in [4.69, 9.17) is 4.84 Å². The highest BCUT2D eigenvalue weighted by molar-refractivity contribution is 4.61. The summed E-state index contributed by atoms with van der Waals surface area (Å²) in [6, 6.07) is 0. The molecule has 0 saturated carbocycles. The summed E-state index contributed by atoms with van der Waals surface area (Å²) in [5, 5.41) is 3.19. The summed E-state index contributed by atoms with van der Waals surface area (Å²) in [6.45, 7) is 1.04. The first-order valence-corrected chi connectivity index (χ1v) is 3.60. The van der Waals surface area contributed by atoms with E-state index in [-0.39, 0.29) is 6.23 Å². The Hall–Kier alpha value is -0.160. The van der Waals surface area contributed by atoms with Crippen molar-refractivity contribution < 1.29 is 9.68 Å². The third-order valence-corrected chi connectivity index (χ3v) is 1.54. The summed E-state index contributed by atoms with van der Waals surface area (Å²) in [5.74, 6) is 0. The molecule has 1 heterocycles. The maximum Gasteiger partial charge on any atom is 0.132 e. The van der Waals surface area contributed by atoms with Gasteiger partial charge in [0.05, 0.1) is 7.11 Å². The fraction of sp³-hybridized carbons (Fsp3) is 1.00. The molecule has 4 nitrogen and oxygen atoms in total. The molecule has 2 N–H and O–H groups in total. The van der Waals surface area contributed by atoms with E-state index < -0.39 is 0 Å². The van der Waals surface area contributed by atoms with Crippen LogP contribution in [0.1, 0.15) is 19.3 Å². The number of piperidine rings is 1. The highest BCUT2D eigenvalue weighted by Crippen LogP contribution is 2.06. The van der Waals surface area contributed by atoms with E-state index >= 15 is 0 Å². The van der Waals surface area contributed by atoms with Gasteiger partial charge in [-0.1, -0.05) is 5.64 Å². The summed E-state index contributed by atoms with van der Waals surface area (Å²) in [5.41, 5.74) is 2.36. The molecule has 0 aliphatic carbocycles. The summed E-state index contributed by atoms with van der Waals surface area (Å²) < 4.78 is 0. The minimum Gasteiger partial charge on any atom is -0.290 e. The van der Waals surface area contributed by atoms with Gasteiger partial charge in [-0.25, -0.2) is 0 Å². The molecule has 1 aliphatic rings. The molecule has 1 rings (SSSR count). The van der Waals surface area contributed by atoms with Crippen LogP contribution in [0.4, 0.5) is 0 Å². The van der Waals surface area contributed by atoms with Crippen LogP contribution in [0.25, 0.3) is 0 Å². The Balaban J connectivity index is 2.02. The lowest BCUT2D eigenvalue weighted by molar-refractivity contribution is -0.194. The first kappa shape index (κ1) is 7.94. The molecular formula is C6H14N2O2. The van der Waals surface area contributed by atoms with Crippen molar-refractivity contribution in [2.75, 3.05) is 13.7 Å². The quantitative estimate of drug-likeness (QED) is 0.557. The van der Waals surface area contributed by atoms with Crippen molar-refractivity contribution in [3.63, 3.8) is 0 Å². The zero-order valence-electron chi connectivity index (χ0n) is 6.22. The Morgan fingerprint density at radius 1 is 1.50 bits per heavy atom. The van der Waals surface area contributed by atoms with Gasteiger partial charge in [-0.05, 0) is 25.8 Å². The van der Waals surface area contributed by atoms with Gasteiger partial charge in [0.1, 0.15) is 6.23 Å². The summed E-state index contributed by atoms with van der Waals surface area (Å²) in [7, 11) is 1.53. The molecule has 0 amide bonds. The predicted molar refractivity (Wildman–Crippen MR) is 36.9 cm³/mol. The molecule has 0 radical (unpaired) electrons. The van der Waals surface area contributed by atoms with Crippen LogP contribution in [0, 0.1) is 0 Å². The van der Waals surface area contributed by atoms with E-state index in [2.05, 4.69) is 15.8 Å². The second-order valence-electron chi connectivity index (χ2n) is 2.34. The highest BCUT2D eigenvalue weighted by Gasteiger charge is 2.11. The van der Waals surface area contributed by atoms with E-state index in [9.17, 15) is 0 Å². The molecule has 0 aromatic heterocycles. The van der Waals surface area contributed by atoms with Crippen LogP contribution in [-0.2, 0) is 9.68 Å². The molecule has 4 heteroatoms. The van der Waals surface area contributed by atoms with Gasteiger partial charge >= 0.3 is 0 Å². The number of hydrogen-bond acceptors (Lipinski definition) is 4. The molecule has 1 fully saturated rings. The Labute approximate surface area is 60.8 Å². The van der Waals surface area contributed by atoms with Gasteiger partial charge in [0, 0.05) is 0 Å². The van der Waals surface area contributed by atoms with E-state index in [1.165, 1.54) is 20.0 Å². The van der Waals surface area contributed by atoms with Crippen molar-refractivity contribution in [1.29, 1.82) is 0 Å². The van der Waals surface area contributed by atoms with Crippen molar-refractivity contribution >= 4 is 0 Å². The second kappa shape index (κ2) is 4.62. The third-order valence-electron chi connectivity index (χ3n) is 1.54. The summed E-state index contributed by atoms with van der Waals surface area (Å²) in [4.78, 5) is 9.58. The third kappa shape index (κ3) is 2.62. The van der Waals surface area contributed by atoms with Crippen LogP contribution in [0.3, 0.4) is 0 Å². The topological polar surface area (TPSA) is 42.5 Å². The molecule has 0 aromatic carbocycles. The number of rotatable bonds is 3.